The van der Waals surface area contributed by atoms with Crippen LogP contribution in [-0.2, 0) is 0 Å². The van der Waals surface area contributed by atoms with Crippen molar-refractivity contribution in [1.29, 1.82) is 0 Å². The molecule has 0 saturated carbocycles. The monoisotopic (exact) mass is 273 g/mol. The molecular formula is C16H35NO2. The van der Waals surface area contributed by atoms with Gasteiger partial charge in [-0.2, -0.15) is 0 Å². The van der Waals surface area contributed by atoms with E-state index in [9.17, 15) is 0 Å². The third-order valence-corrected chi connectivity index (χ3v) is 3.59. The molecule has 116 valence electrons. The molecule has 0 amide bonds. The van der Waals surface area contributed by atoms with Crippen LogP contribution in [0.25, 0.3) is 0 Å². The van der Waals surface area contributed by atoms with Crippen LogP contribution in [0.1, 0.15) is 65.2 Å². The smallest absolute Gasteiger partial charge is 0.0558 e. The maximum Gasteiger partial charge on any atom is 0.0558 e. The van der Waals surface area contributed by atoms with Gasteiger partial charge in [-0.3, -0.25) is 4.90 Å². The van der Waals surface area contributed by atoms with E-state index in [0.717, 1.165) is 12.5 Å². The van der Waals surface area contributed by atoms with Crippen molar-refractivity contribution in [2.24, 2.45) is 5.92 Å². The van der Waals surface area contributed by atoms with E-state index in [-0.39, 0.29) is 13.2 Å². The fraction of sp³-hybridized carbons (Fsp3) is 1.00. The van der Waals surface area contributed by atoms with E-state index < -0.39 is 0 Å². The first-order chi connectivity index (χ1) is 9.20. The van der Waals surface area contributed by atoms with Crippen molar-refractivity contribution < 1.29 is 10.2 Å². The zero-order valence-electron chi connectivity index (χ0n) is 13.1. The quantitative estimate of drug-likeness (QED) is 0.478. The minimum Gasteiger partial charge on any atom is -0.395 e. The zero-order chi connectivity index (χ0) is 14.3. The van der Waals surface area contributed by atoms with Crippen LogP contribution < -0.4 is 0 Å². The van der Waals surface area contributed by atoms with E-state index in [1.54, 1.807) is 0 Å². The lowest BCUT2D eigenvalue weighted by Gasteiger charge is -2.19. The van der Waals surface area contributed by atoms with E-state index in [1.807, 2.05) is 0 Å². The largest absolute Gasteiger partial charge is 0.395 e. The Labute approximate surface area is 120 Å². The summed E-state index contributed by atoms with van der Waals surface area (Å²) in [6.07, 6.45) is 10.7. The predicted molar refractivity (Wildman–Crippen MR) is 82.4 cm³/mol. The van der Waals surface area contributed by atoms with Gasteiger partial charge >= 0.3 is 0 Å². The summed E-state index contributed by atoms with van der Waals surface area (Å²) in [6, 6.07) is 0. The van der Waals surface area contributed by atoms with Crippen molar-refractivity contribution in [2.75, 3.05) is 32.8 Å². The third kappa shape index (κ3) is 14.1. The van der Waals surface area contributed by atoms with Gasteiger partial charge < -0.3 is 10.2 Å². The Morgan fingerprint density at radius 2 is 1.16 bits per heavy atom. The standard InChI is InChI=1S/C16H35NO2/c1-16(2)10-8-6-4-3-5-7-9-11-17(12-14-18)13-15-19/h16,18-19H,3-15H2,1-2H3. The molecule has 0 aliphatic rings. The van der Waals surface area contributed by atoms with Gasteiger partial charge in [0.15, 0.2) is 0 Å². The van der Waals surface area contributed by atoms with Crippen LogP contribution in [0.2, 0.25) is 0 Å². The Morgan fingerprint density at radius 1 is 0.684 bits per heavy atom. The normalized spacial score (nSPS) is 11.7. The maximum atomic E-state index is 8.90. The lowest BCUT2D eigenvalue weighted by Crippen LogP contribution is -2.30. The summed E-state index contributed by atoms with van der Waals surface area (Å²) in [5, 5.41) is 17.8. The van der Waals surface area contributed by atoms with Gasteiger partial charge in [0, 0.05) is 13.1 Å². The molecule has 0 rings (SSSR count). The second kappa shape index (κ2) is 14.3. The number of rotatable bonds is 14. The Kier molecular flexibility index (Phi) is 14.2. The van der Waals surface area contributed by atoms with Crippen molar-refractivity contribution in [3.63, 3.8) is 0 Å². The lowest BCUT2D eigenvalue weighted by atomic mass is 10.0. The second-order valence-electron chi connectivity index (χ2n) is 5.95. The molecule has 0 radical (unpaired) electrons. The van der Waals surface area contributed by atoms with E-state index in [0.29, 0.717) is 13.1 Å². The van der Waals surface area contributed by atoms with E-state index in [1.165, 1.54) is 51.4 Å². The predicted octanol–water partition coefficient (Wildman–Crippen LogP) is 3.05. The first-order valence-corrected chi connectivity index (χ1v) is 8.14. The van der Waals surface area contributed by atoms with Crippen molar-refractivity contribution in [3.8, 4) is 0 Å². The number of nitrogens with zero attached hydrogens (tertiary/aromatic N) is 1. The van der Waals surface area contributed by atoms with Crippen LogP contribution >= 0.6 is 0 Å². The van der Waals surface area contributed by atoms with E-state index >= 15 is 0 Å². The molecule has 3 heteroatoms. The molecule has 2 N–H and O–H groups in total. The van der Waals surface area contributed by atoms with Gasteiger partial charge in [0.2, 0.25) is 0 Å². The van der Waals surface area contributed by atoms with Gasteiger partial charge in [0.1, 0.15) is 0 Å². The van der Waals surface area contributed by atoms with Crippen molar-refractivity contribution >= 4 is 0 Å². The van der Waals surface area contributed by atoms with Gasteiger partial charge in [-0.05, 0) is 18.9 Å². The molecule has 0 heterocycles. The summed E-state index contributed by atoms with van der Waals surface area (Å²) < 4.78 is 0. The van der Waals surface area contributed by atoms with Gasteiger partial charge in [0.05, 0.1) is 13.2 Å². The van der Waals surface area contributed by atoms with Gasteiger partial charge in [-0.15, -0.1) is 0 Å². The second-order valence-corrected chi connectivity index (χ2v) is 5.95. The first-order valence-electron chi connectivity index (χ1n) is 8.14. The van der Waals surface area contributed by atoms with E-state index in [4.69, 9.17) is 10.2 Å². The highest BCUT2D eigenvalue weighted by atomic mass is 16.3. The van der Waals surface area contributed by atoms with Gasteiger partial charge in [-0.1, -0.05) is 58.8 Å². The molecule has 0 aliphatic carbocycles. The zero-order valence-corrected chi connectivity index (χ0v) is 13.1. The Hall–Kier alpha value is -0.120. The molecule has 0 atom stereocenters. The molecule has 19 heavy (non-hydrogen) atoms. The molecule has 0 spiro atoms. The van der Waals surface area contributed by atoms with Crippen LogP contribution in [0, 0.1) is 5.92 Å². The summed E-state index contributed by atoms with van der Waals surface area (Å²) in [7, 11) is 0. The average Bonchev–Trinajstić information content (AvgIpc) is 2.37. The Bertz CT molecular complexity index is 168. The summed E-state index contributed by atoms with van der Waals surface area (Å²) in [6.45, 7) is 7.36. The molecule has 0 aliphatic heterocycles. The highest BCUT2D eigenvalue weighted by Crippen LogP contribution is 2.12. The van der Waals surface area contributed by atoms with Crippen molar-refractivity contribution in [1.82, 2.24) is 4.90 Å². The molecule has 0 aromatic carbocycles. The van der Waals surface area contributed by atoms with Crippen LogP contribution in [0.3, 0.4) is 0 Å². The molecule has 0 aromatic heterocycles. The maximum absolute atomic E-state index is 8.90. The lowest BCUT2D eigenvalue weighted by molar-refractivity contribution is 0.159. The Balaban J connectivity index is 3.24. The van der Waals surface area contributed by atoms with Crippen LogP contribution in [0.15, 0.2) is 0 Å². The number of aliphatic hydroxyl groups excluding tert-OH is 2. The van der Waals surface area contributed by atoms with E-state index in [2.05, 4.69) is 18.7 Å². The highest BCUT2D eigenvalue weighted by molar-refractivity contribution is 4.57. The molecular weight excluding hydrogens is 238 g/mol. The molecule has 3 nitrogen and oxygen atoms in total. The van der Waals surface area contributed by atoms with Gasteiger partial charge in [0.25, 0.3) is 0 Å². The SMILES string of the molecule is CC(C)CCCCCCCCCN(CCO)CCO. The number of hydrogen-bond acceptors (Lipinski definition) is 3. The fourth-order valence-electron chi connectivity index (χ4n) is 2.39. The number of hydrogen-bond donors (Lipinski definition) is 2. The fourth-order valence-corrected chi connectivity index (χ4v) is 2.39. The average molecular weight is 273 g/mol. The molecule has 0 aromatic rings. The summed E-state index contributed by atoms with van der Waals surface area (Å²) in [4.78, 5) is 2.14. The minimum absolute atomic E-state index is 0.190. The first kappa shape index (κ1) is 18.9. The van der Waals surface area contributed by atoms with Crippen molar-refractivity contribution in [3.05, 3.63) is 0 Å². The molecule has 0 bridgehead atoms. The summed E-state index contributed by atoms with van der Waals surface area (Å²) in [5.41, 5.74) is 0. The van der Waals surface area contributed by atoms with Crippen LogP contribution in [-0.4, -0.2) is 48.0 Å². The van der Waals surface area contributed by atoms with Crippen LogP contribution in [0.5, 0.6) is 0 Å². The molecule has 0 unspecified atom stereocenters. The van der Waals surface area contributed by atoms with Gasteiger partial charge in [-0.25, -0.2) is 0 Å². The third-order valence-electron chi connectivity index (χ3n) is 3.59. The topological polar surface area (TPSA) is 43.7 Å². The molecule has 0 fully saturated rings. The number of aliphatic hydroxyl groups is 2. The minimum atomic E-state index is 0.190. The molecule has 0 saturated heterocycles. The van der Waals surface area contributed by atoms with Crippen molar-refractivity contribution in [2.45, 2.75) is 65.2 Å². The Morgan fingerprint density at radius 3 is 1.63 bits per heavy atom. The highest BCUT2D eigenvalue weighted by Gasteiger charge is 2.02. The number of unbranched alkanes of at least 4 members (excludes halogenated alkanes) is 6. The van der Waals surface area contributed by atoms with Crippen LogP contribution in [0.4, 0.5) is 0 Å². The summed E-state index contributed by atoms with van der Waals surface area (Å²) in [5.74, 6) is 0.851. The summed E-state index contributed by atoms with van der Waals surface area (Å²) >= 11 is 0.